The van der Waals surface area contributed by atoms with Gasteiger partial charge in [0, 0.05) is 46.8 Å². The van der Waals surface area contributed by atoms with Crippen molar-refractivity contribution in [2.75, 3.05) is 10.6 Å². The van der Waals surface area contributed by atoms with Gasteiger partial charge in [-0.05, 0) is 59.8 Å². The number of benzene rings is 3. The summed E-state index contributed by atoms with van der Waals surface area (Å²) in [6.45, 7) is 6.30. The number of fused-ring (bicyclic) bond motifs is 2. The molecule has 0 radical (unpaired) electrons. The molecule has 1 amide bonds. The quantitative estimate of drug-likeness (QED) is 0.235. The summed E-state index contributed by atoms with van der Waals surface area (Å²) in [7, 11) is 0. The summed E-state index contributed by atoms with van der Waals surface area (Å²) in [4.78, 5) is 21.3. The van der Waals surface area contributed by atoms with Gasteiger partial charge in [0.05, 0.1) is 22.5 Å². The van der Waals surface area contributed by atoms with Gasteiger partial charge in [0.1, 0.15) is 5.69 Å². The second-order valence-electron chi connectivity index (χ2n) is 9.03. The maximum atomic E-state index is 12.8. The Labute approximate surface area is 219 Å². The van der Waals surface area contributed by atoms with Gasteiger partial charge < -0.3 is 10.6 Å². The maximum absolute atomic E-state index is 12.8. The molecule has 3 aromatic carbocycles. The zero-order chi connectivity index (χ0) is 26.1. The molecule has 184 valence electrons. The first kappa shape index (κ1) is 23.1. The molecule has 0 spiro atoms. The molecule has 0 unspecified atom stereocenters. The molecular weight excluding hydrogens is 472 g/mol. The predicted octanol–water partition coefficient (Wildman–Crippen LogP) is 6.82. The van der Waals surface area contributed by atoms with Gasteiger partial charge in [-0.2, -0.15) is 5.10 Å². The van der Waals surface area contributed by atoms with Gasteiger partial charge in [0.2, 0.25) is 0 Å². The molecule has 0 aliphatic carbocycles. The van der Waals surface area contributed by atoms with Crippen LogP contribution < -0.4 is 10.6 Å². The van der Waals surface area contributed by atoms with Crippen LogP contribution in [0.1, 0.15) is 21.6 Å². The summed E-state index contributed by atoms with van der Waals surface area (Å²) < 4.78 is 0. The zero-order valence-corrected chi connectivity index (χ0v) is 20.7. The molecular formula is C31H24N6O. The van der Waals surface area contributed by atoms with Crippen LogP contribution in [0.15, 0.2) is 104 Å². The number of carbonyl (C=O) groups is 1. The van der Waals surface area contributed by atoms with Crippen LogP contribution in [0.2, 0.25) is 0 Å². The summed E-state index contributed by atoms with van der Waals surface area (Å²) in [5.74, 6) is -0.222. The number of anilines is 2. The highest BCUT2D eigenvalue weighted by Crippen LogP contribution is 2.34. The van der Waals surface area contributed by atoms with E-state index in [1.54, 1.807) is 30.7 Å². The molecule has 38 heavy (non-hydrogen) atoms. The molecule has 0 saturated carbocycles. The topological polar surface area (TPSA) is 95.6 Å². The van der Waals surface area contributed by atoms with Crippen LogP contribution in [0.5, 0.6) is 0 Å². The van der Waals surface area contributed by atoms with Crippen LogP contribution in [-0.4, -0.2) is 26.1 Å². The summed E-state index contributed by atoms with van der Waals surface area (Å²) in [5.41, 5.74) is 7.60. The third-order valence-corrected chi connectivity index (χ3v) is 6.57. The Hall–Kier alpha value is -5.30. The number of aryl methyl sites for hydroxylation is 1. The van der Waals surface area contributed by atoms with Crippen molar-refractivity contribution in [3.8, 4) is 11.1 Å². The predicted molar refractivity (Wildman–Crippen MR) is 153 cm³/mol. The number of para-hydroxylation sites is 1. The van der Waals surface area contributed by atoms with Gasteiger partial charge in [-0.3, -0.25) is 19.9 Å². The second-order valence-corrected chi connectivity index (χ2v) is 9.03. The largest absolute Gasteiger partial charge is 0.354 e. The van der Waals surface area contributed by atoms with Crippen LogP contribution in [0.25, 0.3) is 38.5 Å². The standard InChI is InChI=1S/C31H24N6O/c1-19-7-3-4-10-27(19)34-20(2)30-24-15-21(12-13-29(24)36-37-30)25-17-33-18-26-23(25)9-5-11-28(26)35-31(38)22-8-6-14-32-16-22/h3-18,34H,2H2,1H3,(H,35,38)(H,36,37). The summed E-state index contributed by atoms with van der Waals surface area (Å²) >= 11 is 0. The normalized spacial score (nSPS) is 11.0. The summed E-state index contributed by atoms with van der Waals surface area (Å²) in [5, 5.41) is 16.8. The number of nitrogens with one attached hydrogen (secondary N) is 3. The highest BCUT2D eigenvalue weighted by molar-refractivity contribution is 6.11. The van der Waals surface area contributed by atoms with E-state index in [1.807, 2.05) is 54.7 Å². The minimum absolute atomic E-state index is 0.222. The maximum Gasteiger partial charge on any atom is 0.257 e. The number of H-pyrrole nitrogens is 1. The molecule has 0 atom stereocenters. The van der Waals surface area contributed by atoms with Crippen molar-refractivity contribution in [2.24, 2.45) is 0 Å². The van der Waals surface area contributed by atoms with E-state index in [-0.39, 0.29) is 5.91 Å². The minimum atomic E-state index is -0.222. The van der Waals surface area contributed by atoms with E-state index in [4.69, 9.17) is 0 Å². The number of hydrogen-bond acceptors (Lipinski definition) is 5. The lowest BCUT2D eigenvalue weighted by molar-refractivity contribution is 0.102. The van der Waals surface area contributed by atoms with Crippen LogP contribution >= 0.6 is 0 Å². The molecule has 0 aliphatic rings. The van der Waals surface area contributed by atoms with E-state index in [2.05, 4.69) is 56.4 Å². The second kappa shape index (κ2) is 9.63. The van der Waals surface area contributed by atoms with Crippen molar-refractivity contribution in [1.29, 1.82) is 0 Å². The summed E-state index contributed by atoms with van der Waals surface area (Å²) in [6.07, 6.45) is 6.80. The van der Waals surface area contributed by atoms with Crippen molar-refractivity contribution in [3.63, 3.8) is 0 Å². The fourth-order valence-electron chi connectivity index (χ4n) is 4.57. The first-order chi connectivity index (χ1) is 18.6. The molecule has 7 heteroatoms. The van der Waals surface area contributed by atoms with Crippen molar-refractivity contribution >= 4 is 44.7 Å². The van der Waals surface area contributed by atoms with E-state index in [0.29, 0.717) is 16.9 Å². The lowest BCUT2D eigenvalue weighted by Gasteiger charge is -2.12. The Kier molecular flexibility index (Phi) is 5.86. The molecule has 6 aromatic rings. The number of nitrogens with zero attached hydrogens (tertiary/aromatic N) is 3. The van der Waals surface area contributed by atoms with E-state index in [9.17, 15) is 4.79 Å². The number of amides is 1. The number of carbonyl (C=O) groups excluding carboxylic acids is 1. The van der Waals surface area contributed by atoms with Gasteiger partial charge >= 0.3 is 0 Å². The molecule has 0 fully saturated rings. The Bertz CT molecular complexity index is 1820. The molecule has 6 rings (SSSR count). The number of aromatic nitrogens is 4. The number of rotatable bonds is 6. The first-order valence-electron chi connectivity index (χ1n) is 12.2. The van der Waals surface area contributed by atoms with Crippen molar-refractivity contribution in [1.82, 2.24) is 20.2 Å². The lowest BCUT2D eigenvalue weighted by Crippen LogP contribution is -2.12. The average molecular weight is 497 g/mol. The molecule has 0 aliphatic heterocycles. The van der Waals surface area contributed by atoms with E-state index >= 15 is 0 Å². The third kappa shape index (κ3) is 4.26. The molecule has 3 heterocycles. The molecule has 3 N–H and O–H groups in total. The smallest absolute Gasteiger partial charge is 0.257 e. The van der Waals surface area contributed by atoms with Crippen molar-refractivity contribution < 1.29 is 4.79 Å². The van der Waals surface area contributed by atoms with Gasteiger partial charge in [-0.1, -0.05) is 43.0 Å². The van der Waals surface area contributed by atoms with E-state index < -0.39 is 0 Å². The lowest BCUT2D eigenvalue weighted by atomic mass is 9.98. The SMILES string of the molecule is C=C(Nc1ccccc1C)c1n[nH]c2ccc(-c3cncc4c(NC(=O)c5cccnc5)cccc34)cc12. The minimum Gasteiger partial charge on any atom is -0.354 e. The Morgan fingerprint density at radius 2 is 1.68 bits per heavy atom. The molecule has 0 bridgehead atoms. The highest BCUT2D eigenvalue weighted by Gasteiger charge is 2.15. The fraction of sp³-hybridized carbons (Fsp3) is 0.0323. The van der Waals surface area contributed by atoms with Gasteiger partial charge in [-0.25, -0.2) is 0 Å². The molecule has 0 saturated heterocycles. The van der Waals surface area contributed by atoms with Gasteiger partial charge in [0.25, 0.3) is 5.91 Å². The highest BCUT2D eigenvalue weighted by atomic mass is 16.1. The van der Waals surface area contributed by atoms with Crippen molar-refractivity contribution in [2.45, 2.75) is 6.92 Å². The number of aromatic amines is 1. The number of hydrogen-bond donors (Lipinski definition) is 3. The molecule has 7 nitrogen and oxygen atoms in total. The van der Waals surface area contributed by atoms with Crippen LogP contribution in [0.4, 0.5) is 11.4 Å². The van der Waals surface area contributed by atoms with Crippen LogP contribution in [0, 0.1) is 6.92 Å². The molecule has 3 aromatic heterocycles. The zero-order valence-electron chi connectivity index (χ0n) is 20.7. The van der Waals surface area contributed by atoms with Crippen LogP contribution in [-0.2, 0) is 0 Å². The van der Waals surface area contributed by atoms with E-state index in [1.165, 1.54) is 0 Å². The van der Waals surface area contributed by atoms with Crippen molar-refractivity contribution in [3.05, 3.63) is 121 Å². The van der Waals surface area contributed by atoms with Gasteiger partial charge in [-0.15, -0.1) is 0 Å². The van der Waals surface area contributed by atoms with E-state index in [0.717, 1.165) is 49.7 Å². The number of pyridine rings is 2. The first-order valence-corrected chi connectivity index (χ1v) is 12.2. The van der Waals surface area contributed by atoms with Crippen LogP contribution in [0.3, 0.4) is 0 Å². The Morgan fingerprint density at radius 1 is 0.816 bits per heavy atom. The Morgan fingerprint density at radius 3 is 2.53 bits per heavy atom. The third-order valence-electron chi connectivity index (χ3n) is 6.57. The average Bonchev–Trinajstić information content (AvgIpc) is 3.38. The summed E-state index contributed by atoms with van der Waals surface area (Å²) in [6, 6.07) is 23.5. The Balaban J connectivity index is 1.37. The fourth-order valence-corrected chi connectivity index (χ4v) is 4.57. The monoisotopic (exact) mass is 496 g/mol. The van der Waals surface area contributed by atoms with Gasteiger partial charge in [0.15, 0.2) is 0 Å².